The van der Waals surface area contributed by atoms with Gasteiger partial charge in [0.1, 0.15) is 11.9 Å². The smallest absolute Gasteiger partial charge is 0.306 e. The van der Waals surface area contributed by atoms with Crippen LogP contribution in [0.1, 0.15) is 80.7 Å². The first-order valence-corrected chi connectivity index (χ1v) is 12.3. The van der Waals surface area contributed by atoms with Crippen molar-refractivity contribution in [1.82, 2.24) is 0 Å². The number of ether oxygens (including phenoxy) is 3. The van der Waals surface area contributed by atoms with Gasteiger partial charge in [-0.2, -0.15) is 0 Å². The summed E-state index contributed by atoms with van der Waals surface area (Å²) in [4.78, 5) is 12.1. The summed E-state index contributed by atoms with van der Waals surface area (Å²) in [6, 6.07) is 14.9. The molecule has 182 valence electrons. The summed E-state index contributed by atoms with van der Waals surface area (Å²) < 4.78 is 16.7. The first kappa shape index (κ1) is 25.6. The molecule has 0 spiro atoms. The van der Waals surface area contributed by atoms with Crippen LogP contribution in [0.25, 0.3) is 5.57 Å². The maximum atomic E-state index is 12.1. The van der Waals surface area contributed by atoms with Crippen LogP contribution in [0.5, 0.6) is 5.75 Å². The minimum Gasteiger partial charge on any atom is -0.501 e. The minimum atomic E-state index is -0.161. The van der Waals surface area contributed by atoms with E-state index in [1.165, 1.54) is 12.7 Å². The molecule has 1 aliphatic heterocycles. The monoisotopic (exact) mass is 462 g/mol. The highest BCUT2D eigenvalue weighted by Crippen LogP contribution is 2.40. The Bertz CT molecular complexity index is 1010. The molecule has 4 heteroatoms. The number of carbonyl (C=O) groups excluding carboxylic acids is 1. The van der Waals surface area contributed by atoms with E-state index in [2.05, 4.69) is 62.9 Å². The Kier molecular flexibility index (Phi) is 8.98. The van der Waals surface area contributed by atoms with Crippen LogP contribution < -0.4 is 4.74 Å². The van der Waals surface area contributed by atoms with E-state index >= 15 is 0 Å². The lowest BCUT2D eigenvalue weighted by Gasteiger charge is -2.29. The Balaban J connectivity index is 1.81. The Morgan fingerprint density at radius 1 is 1.12 bits per heavy atom. The normalized spacial score (nSPS) is 16.4. The predicted molar refractivity (Wildman–Crippen MR) is 138 cm³/mol. The topological polar surface area (TPSA) is 44.8 Å². The zero-order chi connectivity index (χ0) is 24.7. The molecule has 0 bridgehead atoms. The summed E-state index contributed by atoms with van der Waals surface area (Å²) in [5.41, 5.74) is 5.53. The number of allylic oxidation sites excluding steroid dienone is 3. The van der Waals surface area contributed by atoms with Gasteiger partial charge in [-0.05, 0) is 71.6 Å². The fourth-order valence-corrected chi connectivity index (χ4v) is 4.83. The van der Waals surface area contributed by atoms with Crippen molar-refractivity contribution in [2.24, 2.45) is 5.92 Å². The lowest BCUT2D eigenvalue weighted by Crippen LogP contribution is -2.19. The van der Waals surface area contributed by atoms with Crippen molar-refractivity contribution < 1.29 is 19.0 Å². The lowest BCUT2D eigenvalue weighted by molar-refractivity contribution is -0.141. The molecule has 2 aromatic carbocycles. The van der Waals surface area contributed by atoms with Crippen LogP contribution in [0, 0.1) is 5.92 Å². The standard InChI is InChI=1S/C30H38O4/c1-7-22(8-2)27(19-30(31)33-6)26-14-13-25-15-16-28(34-29(25)18-26)24-11-9-23(10-12-24)20(3)17-21(4)32-5/h9-14,17-18,22,27-28H,3,7-8,15-16,19H2,1-2,4-6H3. The molecule has 1 heterocycles. The molecular weight excluding hydrogens is 424 g/mol. The number of fused-ring (bicyclic) bond motifs is 1. The Labute approximate surface area is 204 Å². The van der Waals surface area contributed by atoms with Gasteiger partial charge >= 0.3 is 5.97 Å². The summed E-state index contributed by atoms with van der Waals surface area (Å²) in [6.07, 6.45) is 6.30. The highest BCUT2D eigenvalue weighted by atomic mass is 16.5. The number of aryl methyl sites for hydroxylation is 1. The molecule has 0 saturated carbocycles. The van der Waals surface area contributed by atoms with E-state index in [-0.39, 0.29) is 18.0 Å². The largest absolute Gasteiger partial charge is 0.501 e. The molecule has 2 unspecified atom stereocenters. The lowest BCUT2D eigenvalue weighted by atomic mass is 9.80. The van der Waals surface area contributed by atoms with Gasteiger partial charge in [-0.1, -0.05) is 69.7 Å². The van der Waals surface area contributed by atoms with Crippen LogP contribution in [0.4, 0.5) is 0 Å². The minimum absolute atomic E-state index is 0.00789. The van der Waals surface area contributed by atoms with Gasteiger partial charge < -0.3 is 14.2 Å². The van der Waals surface area contributed by atoms with Crippen molar-refractivity contribution in [2.75, 3.05) is 14.2 Å². The van der Waals surface area contributed by atoms with E-state index in [1.807, 2.05) is 13.0 Å². The van der Waals surface area contributed by atoms with Crippen molar-refractivity contribution in [3.8, 4) is 5.75 Å². The van der Waals surface area contributed by atoms with Gasteiger partial charge in [0.2, 0.25) is 0 Å². The van der Waals surface area contributed by atoms with Gasteiger partial charge in [0.25, 0.3) is 0 Å². The van der Waals surface area contributed by atoms with E-state index in [4.69, 9.17) is 14.2 Å². The predicted octanol–water partition coefficient (Wildman–Crippen LogP) is 7.40. The molecule has 0 aliphatic carbocycles. The van der Waals surface area contributed by atoms with Gasteiger partial charge in [-0.25, -0.2) is 0 Å². The van der Waals surface area contributed by atoms with Crippen molar-refractivity contribution in [1.29, 1.82) is 0 Å². The number of methoxy groups -OCH3 is 2. The van der Waals surface area contributed by atoms with Crippen LogP contribution in [0.15, 0.2) is 60.9 Å². The third kappa shape index (κ3) is 6.11. The van der Waals surface area contributed by atoms with Crippen molar-refractivity contribution in [3.05, 3.63) is 83.1 Å². The van der Waals surface area contributed by atoms with Crippen LogP contribution in [0.3, 0.4) is 0 Å². The molecule has 1 aliphatic rings. The second-order valence-corrected chi connectivity index (χ2v) is 9.08. The molecule has 0 saturated heterocycles. The maximum Gasteiger partial charge on any atom is 0.306 e. The molecule has 0 fully saturated rings. The molecule has 0 amide bonds. The molecule has 4 nitrogen and oxygen atoms in total. The van der Waals surface area contributed by atoms with Crippen molar-refractivity contribution >= 4 is 11.5 Å². The highest BCUT2D eigenvalue weighted by molar-refractivity contribution is 5.72. The quantitative estimate of drug-likeness (QED) is 0.210. The van der Waals surface area contributed by atoms with Gasteiger partial charge in [0.05, 0.1) is 26.4 Å². The molecule has 0 aromatic heterocycles. The van der Waals surface area contributed by atoms with Crippen molar-refractivity contribution in [3.63, 3.8) is 0 Å². The fraction of sp³-hybridized carbons (Fsp3) is 0.433. The first-order valence-electron chi connectivity index (χ1n) is 12.3. The van der Waals surface area contributed by atoms with Gasteiger partial charge in [-0.3, -0.25) is 4.79 Å². The summed E-state index contributed by atoms with van der Waals surface area (Å²) in [6.45, 7) is 10.4. The number of hydrogen-bond acceptors (Lipinski definition) is 4. The molecule has 0 radical (unpaired) electrons. The SMILES string of the molecule is C=C(C=C(C)OC)c1ccc(C2CCc3ccc(C(CC(=O)OC)C(CC)CC)cc3O2)cc1. The zero-order valence-corrected chi connectivity index (χ0v) is 21.2. The zero-order valence-electron chi connectivity index (χ0n) is 21.2. The maximum absolute atomic E-state index is 12.1. The number of carbonyl (C=O) groups is 1. The van der Waals surface area contributed by atoms with Crippen molar-refractivity contribution in [2.45, 2.75) is 64.9 Å². The van der Waals surface area contributed by atoms with Crippen LogP contribution in [-0.2, 0) is 20.7 Å². The number of hydrogen-bond donors (Lipinski definition) is 0. The van der Waals surface area contributed by atoms with E-state index in [0.29, 0.717) is 12.3 Å². The van der Waals surface area contributed by atoms with Gasteiger partial charge in [-0.15, -0.1) is 0 Å². The third-order valence-electron chi connectivity index (χ3n) is 7.05. The molecule has 0 N–H and O–H groups in total. The summed E-state index contributed by atoms with van der Waals surface area (Å²) in [5, 5.41) is 0. The molecule has 3 rings (SSSR count). The number of rotatable bonds is 10. The number of benzene rings is 2. The van der Waals surface area contributed by atoms with Crippen LogP contribution >= 0.6 is 0 Å². The molecular formula is C30H38O4. The van der Waals surface area contributed by atoms with E-state index < -0.39 is 0 Å². The van der Waals surface area contributed by atoms with Crippen LogP contribution in [0.2, 0.25) is 0 Å². The summed E-state index contributed by atoms with van der Waals surface area (Å²) in [5.74, 6) is 2.15. The van der Waals surface area contributed by atoms with Gasteiger partial charge in [0, 0.05) is 0 Å². The molecule has 34 heavy (non-hydrogen) atoms. The summed E-state index contributed by atoms with van der Waals surface area (Å²) in [7, 11) is 3.12. The Morgan fingerprint density at radius 2 is 1.82 bits per heavy atom. The second-order valence-electron chi connectivity index (χ2n) is 9.08. The van der Waals surface area contributed by atoms with E-state index in [0.717, 1.165) is 59.5 Å². The van der Waals surface area contributed by atoms with E-state index in [1.54, 1.807) is 7.11 Å². The Hall–Kier alpha value is -3.01. The first-order chi connectivity index (χ1) is 16.4. The average Bonchev–Trinajstić information content (AvgIpc) is 2.87. The number of esters is 1. The molecule has 2 aromatic rings. The van der Waals surface area contributed by atoms with Gasteiger partial charge in [0.15, 0.2) is 0 Å². The molecule has 2 atom stereocenters. The van der Waals surface area contributed by atoms with E-state index in [9.17, 15) is 4.79 Å². The third-order valence-corrected chi connectivity index (χ3v) is 7.05. The fourth-order valence-electron chi connectivity index (χ4n) is 4.83. The van der Waals surface area contributed by atoms with Crippen LogP contribution in [-0.4, -0.2) is 20.2 Å². The summed E-state index contributed by atoms with van der Waals surface area (Å²) >= 11 is 0. The Morgan fingerprint density at radius 3 is 2.44 bits per heavy atom. The average molecular weight is 463 g/mol. The highest BCUT2D eigenvalue weighted by Gasteiger charge is 2.27. The second kappa shape index (κ2) is 11.9.